The molecule has 0 N–H and O–H groups in total. The molecule has 1 aliphatic heterocycles. The van der Waals surface area contributed by atoms with Gasteiger partial charge in [0.2, 0.25) is 5.91 Å². The summed E-state index contributed by atoms with van der Waals surface area (Å²) >= 11 is 0. The molecular formula is C24H31N3O. The standard InChI is InChI=1S/C24H31N3O/c1-26(20-12-6-3-7-13-20)23-16-8-14-21(25-23)22-15-9-17-27(22)24(28)18-19-10-4-2-5-11-19/h3,6-8,12-14,16,19,22H,2,4-5,9-11,15,17-18H2,1H3/t22-/m0/s1. The van der Waals surface area contributed by atoms with E-state index in [0.717, 1.165) is 43.0 Å². The highest BCUT2D eigenvalue weighted by Crippen LogP contribution is 2.35. The number of pyridine rings is 1. The predicted molar refractivity (Wildman–Crippen MR) is 114 cm³/mol. The van der Waals surface area contributed by atoms with Gasteiger partial charge in [0.15, 0.2) is 0 Å². The van der Waals surface area contributed by atoms with Crippen LogP contribution in [0.15, 0.2) is 48.5 Å². The fourth-order valence-corrected chi connectivity index (χ4v) is 4.72. The van der Waals surface area contributed by atoms with Gasteiger partial charge >= 0.3 is 0 Å². The lowest BCUT2D eigenvalue weighted by Gasteiger charge is -2.28. The summed E-state index contributed by atoms with van der Waals surface area (Å²) in [4.78, 5) is 22.2. The number of likely N-dealkylation sites (tertiary alicyclic amines) is 1. The van der Waals surface area contributed by atoms with Gasteiger partial charge in [0, 0.05) is 25.7 Å². The Hall–Kier alpha value is -2.36. The highest BCUT2D eigenvalue weighted by molar-refractivity contribution is 5.77. The van der Waals surface area contributed by atoms with Crippen molar-refractivity contribution >= 4 is 17.4 Å². The SMILES string of the molecule is CN(c1ccccc1)c1cccc([C@@H]2CCCN2C(=O)CC2CCCCC2)n1. The second kappa shape index (κ2) is 8.76. The molecule has 1 atom stereocenters. The van der Waals surface area contributed by atoms with E-state index in [4.69, 9.17) is 4.98 Å². The van der Waals surface area contributed by atoms with Crippen LogP contribution >= 0.6 is 0 Å². The predicted octanol–water partition coefficient (Wildman–Crippen LogP) is 5.48. The molecule has 1 aromatic heterocycles. The normalized spacial score (nSPS) is 20.3. The number of amides is 1. The minimum absolute atomic E-state index is 0.125. The van der Waals surface area contributed by atoms with E-state index in [-0.39, 0.29) is 6.04 Å². The molecule has 1 saturated carbocycles. The molecule has 2 aromatic rings. The van der Waals surface area contributed by atoms with E-state index in [0.29, 0.717) is 11.8 Å². The maximum Gasteiger partial charge on any atom is 0.223 e. The van der Waals surface area contributed by atoms with Gasteiger partial charge in [-0.05, 0) is 55.9 Å². The monoisotopic (exact) mass is 377 g/mol. The molecule has 1 saturated heterocycles. The number of anilines is 2. The van der Waals surface area contributed by atoms with Gasteiger partial charge in [-0.15, -0.1) is 0 Å². The Morgan fingerprint density at radius 2 is 1.79 bits per heavy atom. The summed E-state index contributed by atoms with van der Waals surface area (Å²) in [5.41, 5.74) is 2.14. The van der Waals surface area contributed by atoms with Crippen molar-refractivity contribution in [1.29, 1.82) is 0 Å². The molecule has 4 nitrogen and oxygen atoms in total. The molecule has 1 aromatic carbocycles. The Balaban J connectivity index is 1.49. The maximum absolute atomic E-state index is 13.0. The molecule has 0 bridgehead atoms. The first-order valence-electron chi connectivity index (χ1n) is 10.8. The Morgan fingerprint density at radius 3 is 2.57 bits per heavy atom. The second-order valence-electron chi connectivity index (χ2n) is 8.27. The van der Waals surface area contributed by atoms with Crippen molar-refractivity contribution in [1.82, 2.24) is 9.88 Å². The molecule has 2 aliphatic rings. The molecule has 1 amide bonds. The number of carbonyl (C=O) groups is 1. The van der Waals surface area contributed by atoms with Crippen molar-refractivity contribution in [2.24, 2.45) is 5.92 Å². The molecule has 0 spiro atoms. The van der Waals surface area contributed by atoms with Crippen LogP contribution in [0.25, 0.3) is 0 Å². The number of nitrogens with zero attached hydrogens (tertiary/aromatic N) is 3. The molecule has 2 fully saturated rings. The lowest BCUT2D eigenvalue weighted by Crippen LogP contribution is -2.32. The number of aromatic nitrogens is 1. The van der Waals surface area contributed by atoms with Crippen molar-refractivity contribution in [2.75, 3.05) is 18.5 Å². The van der Waals surface area contributed by atoms with Crippen LogP contribution in [0.1, 0.15) is 63.1 Å². The molecule has 0 unspecified atom stereocenters. The number of hydrogen-bond donors (Lipinski definition) is 0. The number of benzene rings is 1. The first kappa shape index (κ1) is 19.0. The van der Waals surface area contributed by atoms with Gasteiger partial charge in [-0.3, -0.25) is 4.79 Å². The third kappa shape index (κ3) is 4.21. The maximum atomic E-state index is 13.0. The van der Waals surface area contributed by atoms with Crippen LogP contribution in [-0.4, -0.2) is 29.4 Å². The van der Waals surface area contributed by atoms with Crippen molar-refractivity contribution in [3.05, 3.63) is 54.2 Å². The fourth-order valence-electron chi connectivity index (χ4n) is 4.72. The highest BCUT2D eigenvalue weighted by Gasteiger charge is 2.32. The van der Waals surface area contributed by atoms with Crippen LogP contribution in [0.2, 0.25) is 0 Å². The molecule has 4 rings (SSSR count). The molecule has 148 valence electrons. The third-order valence-corrected chi connectivity index (χ3v) is 6.35. The van der Waals surface area contributed by atoms with Gasteiger partial charge in [0.05, 0.1) is 11.7 Å². The van der Waals surface area contributed by atoms with Crippen molar-refractivity contribution in [3.8, 4) is 0 Å². The van der Waals surface area contributed by atoms with E-state index >= 15 is 0 Å². The lowest BCUT2D eigenvalue weighted by atomic mass is 9.86. The Bertz CT molecular complexity index is 785. The van der Waals surface area contributed by atoms with Crippen LogP contribution in [0.4, 0.5) is 11.5 Å². The average molecular weight is 378 g/mol. The van der Waals surface area contributed by atoms with Gasteiger partial charge in [-0.1, -0.05) is 43.5 Å². The largest absolute Gasteiger partial charge is 0.334 e. The van der Waals surface area contributed by atoms with Gasteiger partial charge in [0.1, 0.15) is 5.82 Å². The zero-order chi connectivity index (χ0) is 19.3. The lowest BCUT2D eigenvalue weighted by molar-refractivity contribution is -0.133. The summed E-state index contributed by atoms with van der Waals surface area (Å²) in [6.07, 6.45) is 9.17. The van der Waals surface area contributed by atoms with Crippen molar-refractivity contribution < 1.29 is 4.79 Å². The fraction of sp³-hybridized carbons (Fsp3) is 0.500. The van der Waals surface area contributed by atoms with Crippen LogP contribution in [0.3, 0.4) is 0 Å². The van der Waals surface area contributed by atoms with Gasteiger partial charge in [0.25, 0.3) is 0 Å². The minimum Gasteiger partial charge on any atom is -0.334 e. The minimum atomic E-state index is 0.125. The zero-order valence-electron chi connectivity index (χ0n) is 16.9. The summed E-state index contributed by atoms with van der Waals surface area (Å²) in [7, 11) is 2.04. The van der Waals surface area contributed by atoms with Crippen molar-refractivity contribution in [3.63, 3.8) is 0 Å². The Labute approximate surface area is 168 Å². The molecule has 2 heterocycles. The van der Waals surface area contributed by atoms with Crippen LogP contribution in [-0.2, 0) is 4.79 Å². The summed E-state index contributed by atoms with van der Waals surface area (Å²) in [6.45, 7) is 0.872. The third-order valence-electron chi connectivity index (χ3n) is 6.35. The first-order chi connectivity index (χ1) is 13.7. The zero-order valence-corrected chi connectivity index (χ0v) is 16.9. The number of carbonyl (C=O) groups excluding carboxylic acids is 1. The van der Waals surface area contributed by atoms with E-state index in [1.54, 1.807) is 0 Å². The first-order valence-corrected chi connectivity index (χ1v) is 10.8. The summed E-state index contributed by atoms with van der Waals surface area (Å²) < 4.78 is 0. The van der Waals surface area contributed by atoms with E-state index in [2.05, 4.69) is 34.1 Å². The second-order valence-corrected chi connectivity index (χ2v) is 8.27. The average Bonchev–Trinajstić information content (AvgIpc) is 3.25. The molecule has 28 heavy (non-hydrogen) atoms. The van der Waals surface area contributed by atoms with Crippen LogP contribution in [0.5, 0.6) is 0 Å². The number of para-hydroxylation sites is 1. The van der Waals surface area contributed by atoms with E-state index < -0.39 is 0 Å². The molecule has 1 aliphatic carbocycles. The molecule has 4 heteroatoms. The van der Waals surface area contributed by atoms with Crippen LogP contribution < -0.4 is 4.90 Å². The van der Waals surface area contributed by atoms with E-state index in [9.17, 15) is 4.79 Å². The van der Waals surface area contributed by atoms with E-state index in [1.165, 1.54) is 32.1 Å². The van der Waals surface area contributed by atoms with Crippen molar-refractivity contribution in [2.45, 2.75) is 57.4 Å². The smallest absolute Gasteiger partial charge is 0.223 e. The van der Waals surface area contributed by atoms with Gasteiger partial charge < -0.3 is 9.80 Å². The quantitative estimate of drug-likeness (QED) is 0.692. The van der Waals surface area contributed by atoms with Crippen LogP contribution in [0, 0.1) is 5.92 Å². The van der Waals surface area contributed by atoms with Gasteiger partial charge in [-0.25, -0.2) is 4.98 Å². The number of rotatable bonds is 5. The summed E-state index contributed by atoms with van der Waals surface area (Å²) in [6, 6.07) is 16.6. The Morgan fingerprint density at radius 1 is 1.00 bits per heavy atom. The Kier molecular flexibility index (Phi) is 5.94. The highest BCUT2D eigenvalue weighted by atomic mass is 16.2. The number of hydrogen-bond acceptors (Lipinski definition) is 3. The molecule has 0 radical (unpaired) electrons. The molecular weight excluding hydrogens is 346 g/mol. The topological polar surface area (TPSA) is 36.4 Å². The van der Waals surface area contributed by atoms with E-state index in [1.807, 2.05) is 31.3 Å². The summed E-state index contributed by atoms with van der Waals surface area (Å²) in [5, 5.41) is 0. The van der Waals surface area contributed by atoms with Gasteiger partial charge in [-0.2, -0.15) is 0 Å². The summed E-state index contributed by atoms with van der Waals surface area (Å²) in [5.74, 6) is 1.85.